The van der Waals surface area contributed by atoms with Crippen molar-refractivity contribution in [3.63, 3.8) is 0 Å². The van der Waals surface area contributed by atoms with Crippen molar-refractivity contribution in [2.24, 2.45) is 0 Å². The summed E-state index contributed by atoms with van der Waals surface area (Å²) in [6, 6.07) is 11.6. The van der Waals surface area contributed by atoms with E-state index in [1.165, 1.54) is 11.8 Å². The summed E-state index contributed by atoms with van der Waals surface area (Å²) in [6.07, 6.45) is 0.612. The van der Waals surface area contributed by atoms with Gasteiger partial charge in [-0.05, 0) is 29.7 Å². The number of thiophene rings is 1. The molecule has 1 aromatic carbocycles. The van der Waals surface area contributed by atoms with Gasteiger partial charge in [-0.2, -0.15) is 4.98 Å². The van der Waals surface area contributed by atoms with Gasteiger partial charge in [-0.15, -0.1) is 21.5 Å². The molecule has 1 aliphatic rings. The summed E-state index contributed by atoms with van der Waals surface area (Å²) >= 11 is 3.06. The maximum Gasteiger partial charge on any atom is 0.247 e. The second-order valence-electron chi connectivity index (χ2n) is 6.20. The van der Waals surface area contributed by atoms with Crippen LogP contribution in [0, 0.1) is 0 Å². The van der Waals surface area contributed by atoms with Crippen molar-refractivity contribution in [3.8, 4) is 17.1 Å². The highest BCUT2D eigenvalue weighted by molar-refractivity contribution is 7.99. The lowest BCUT2D eigenvalue weighted by Crippen LogP contribution is -2.37. The molecule has 0 fully saturated rings. The minimum absolute atomic E-state index is 0.0114. The van der Waals surface area contributed by atoms with E-state index in [-0.39, 0.29) is 5.91 Å². The van der Waals surface area contributed by atoms with Gasteiger partial charge in [0.05, 0.1) is 10.6 Å². The minimum Gasteiger partial charge on any atom is -0.446 e. The van der Waals surface area contributed by atoms with Crippen LogP contribution >= 0.6 is 23.1 Å². The van der Waals surface area contributed by atoms with Gasteiger partial charge in [-0.3, -0.25) is 9.69 Å². The molecule has 6 nitrogen and oxygen atoms in total. The van der Waals surface area contributed by atoms with E-state index in [1.807, 2.05) is 55.6 Å². The molecule has 2 aromatic heterocycles. The number of para-hydroxylation sites is 1. The Labute approximate surface area is 172 Å². The van der Waals surface area contributed by atoms with E-state index in [9.17, 15) is 4.79 Å². The number of ether oxygens (including phenoxy) is 1. The smallest absolute Gasteiger partial charge is 0.247 e. The lowest BCUT2D eigenvalue weighted by Gasteiger charge is -2.29. The van der Waals surface area contributed by atoms with Crippen LogP contribution in [0.4, 0.5) is 5.69 Å². The number of fused-ring (bicyclic) bond motifs is 3. The Morgan fingerprint density at radius 1 is 1.21 bits per heavy atom. The van der Waals surface area contributed by atoms with Gasteiger partial charge in [-0.25, -0.2) is 0 Å². The van der Waals surface area contributed by atoms with Crippen LogP contribution in [-0.4, -0.2) is 26.8 Å². The molecule has 8 heteroatoms. The SMILES string of the molecule is CCCC(=O)N1c2ccccc2-c2nnc(SCC)nc2OC1c1cccs1. The van der Waals surface area contributed by atoms with Crippen molar-refractivity contribution in [2.75, 3.05) is 10.7 Å². The van der Waals surface area contributed by atoms with Gasteiger partial charge in [0.2, 0.25) is 23.2 Å². The van der Waals surface area contributed by atoms with Crippen LogP contribution in [0.1, 0.15) is 37.8 Å². The first-order valence-corrected chi connectivity index (χ1v) is 11.1. The van der Waals surface area contributed by atoms with E-state index < -0.39 is 6.23 Å². The lowest BCUT2D eigenvalue weighted by molar-refractivity contribution is -0.120. The van der Waals surface area contributed by atoms with Gasteiger partial charge in [0.25, 0.3) is 0 Å². The van der Waals surface area contributed by atoms with Crippen LogP contribution in [0.25, 0.3) is 11.3 Å². The van der Waals surface area contributed by atoms with E-state index >= 15 is 0 Å². The highest BCUT2D eigenvalue weighted by Gasteiger charge is 2.35. The largest absolute Gasteiger partial charge is 0.446 e. The molecule has 1 amide bonds. The van der Waals surface area contributed by atoms with E-state index in [4.69, 9.17) is 4.74 Å². The molecule has 28 heavy (non-hydrogen) atoms. The number of thioether (sulfide) groups is 1. The monoisotopic (exact) mass is 412 g/mol. The number of nitrogens with zero attached hydrogens (tertiary/aromatic N) is 4. The maximum absolute atomic E-state index is 13.1. The zero-order valence-electron chi connectivity index (χ0n) is 15.7. The molecule has 0 radical (unpaired) electrons. The number of carbonyl (C=O) groups excluding carboxylic acids is 1. The van der Waals surface area contributed by atoms with Gasteiger partial charge in [-0.1, -0.05) is 49.9 Å². The third-order valence-corrected chi connectivity index (χ3v) is 5.93. The Bertz CT molecular complexity index is 978. The molecule has 1 atom stereocenters. The summed E-state index contributed by atoms with van der Waals surface area (Å²) in [5.74, 6) is 1.26. The van der Waals surface area contributed by atoms with Gasteiger partial charge >= 0.3 is 0 Å². The summed E-state index contributed by atoms with van der Waals surface area (Å²) in [5, 5.41) is 11.2. The summed E-state index contributed by atoms with van der Waals surface area (Å²) in [7, 11) is 0. The molecular formula is C20H20N4O2S2. The van der Waals surface area contributed by atoms with Crippen molar-refractivity contribution < 1.29 is 9.53 Å². The van der Waals surface area contributed by atoms with Crippen LogP contribution in [0.5, 0.6) is 5.88 Å². The van der Waals surface area contributed by atoms with Crippen molar-refractivity contribution >= 4 is 34.7 Å². The van der Waals surface area contributed by atoms with Crippen LogP contribution in [0.3, 0.4) is 0 Å². The molecule has 144 valence electrons. The second kappa shape index (κ2) is 8.28. The second-order valence-corrected chi connectivity index (χ2v) is 8.41. The molecule has 0 saturated carbocycles. The van der Waals surface area contributed by atoms with Crippen LogP contribution in [0.15, 0.2) is 46.9 Å². The number of carbonyl (C=O) groups is 1. The molecule has 0 saturated heterocycles. The Morgan fingerprint density at radius 3 is 2.82 bits per heavy atom. The van der Waals surface area contributed by atoms with E-state index in [2.05, 4.69) is 15.2 Å². The van der Waals surface area contributed by atoms with E-state index in [0.717, 1.165) is 28.3 Å². The average molecular weight is 413 g/mol. The molecule has 3 aromatic rings. The number of rotatable bonds is 5. The van der Waals surface area contributed by atoms with Crippen LogP contribution < -0.4 is 9.64 Å². The van der Waals surface area contributed by atoms with Crippen LogP contribution in [-0.2, 0) is 4.79 Å². The summed E-state index contributed by atoms with van der Waals surface area (Å²) < 4.78 is 6.34. The van der Waals surface area contributed by atoms with Gasteiger partial charge in [0.1, 0.15) is 0 Å². The standard InChI is InChI=1S/C20H20N4O2S2/c1-3-8-16(25)24-14-10-6-5-9-13(14)17-18(21-20(23-22-17)27-4-2)26-19(24)15-11-7-12-28-15/h5-7,9-12,19H,3-4,8H2,1-2H3. The van der Waals surface area contributed by atoms with Gasteiger partial charge in [0.15, 0.2) is 5.69 Å². The number of anilines is 1. The Balaban J connectivity index is 1.92. The van der Waals surface area contributed by atoms with E-state index in [0.29, 0.717) is 23.2 Å². The predicted octanol–water partition coefficient (Wildman–Crippen LogP) is 4.94. The first-order chi connectivity index (χ1) is 13.7. The highest BCUT2D eigenvalue weighted by atomic mass is 32.2. The fraction of sp³-hybridized carbons (Fsp3) is 0.300. The molecule has 0 spiro atoms. The van der Waals surface area contributed by atoms with Crippen molar-refractivity contribution in [1.29, 1.82) is 0 Å². The van der Waals surface area contributed by atoms with Gasteiger partial charge in [0, 0.05) is 12.0 Å². The maximum atomic E-state index is 13.1. The summed E-state index contributed by atoms with van der Waals surface area (Å²) in [6.45, 7) is 4.04. The minimum atomic E-state index is -0.586. The number of amides is 1. The van der Waals surface area contributed by atoms with Crippen molar-refractivity contribution in [1.82, 2.24) is 15.2 Å². The molecule has 4 rings (SSSR count). The third kappa shape index (κ3) is 3.49. The van der Waals surface area contributed by atoms with Gasteiger partial charge < -0.3 is 4.74 Å². The quantitative estimate of drug-likeness (QED) is 0.553. The number of hydrogen-bond acceptors (Lipinski definition) is 7. The van der Waals surface area contributed by atoms with E-state index in [1.54, 1.807) is 16.2 Å². The Morgan fingerprint density at radius 2 is 2.07 bits per heavy atom. The predicted molar refractivity (Wildman–Crippen MR) is 112 cm³/mol. The molecule has 3 heterocycles. The molecule has 0 N–H and O–H groups in total. The van der Waals surface area contributed by atoms with Crippen LogP contribution in [0.2, 0.25) is 0 Å². The zero-order chi connectivity index (χ0) is 19.5. The first-order valence-electron chi connectivity index (χ1n) is 9.22. The Hall–Kier alpha value is -2.45. The van der Waals surface area contributed by atoms with Crippen molar-refractivity contribution in [2.45, 2.75) is 38.1 Å². The third-order valence-electron chi connectivity index (χ3n) is 4.30. The molecule has 1 unspecified atom stereocenters. The molecule has 0 bridgehead atoms. The van der Waals surface area contributed by atoms with Crippen molar-refractivity contribution in [3.05, 3.63) is 46.7 Å². The Kier molecular flexibility index (Phi) is 5.59. The number of hydrogen-bond donors (Lipinski definition) is 0. The highest BCUT2D eigenvalue weighted by Crippen LogP contribution is 2.44. The summed E-state index contributed by atoms with van der Waals surface area (Å²) in [4.78, 5) is 20.4. The first kappa shape index (κ1) is 18.9. The fourth-order valence-corrected chi connectivity index (χ4v) is 4.37. The zero-order valence-corrected chi connectivity index (χ0v) is 17.3. The average Bonchev–Trinajstić information content (AvgIpc) is 3.19. The number of benzene rings is 1. The fourth-order valence-electron chi connectivity index (χ4n) is 3.12. The molecule has 0 aliphatic carbocycles. The lowest BCUT2D eigenvalue weighted by atomic mass is 10.1. The molecular weight excluding hydrogens is 392 g/mol. The summed E-state index contributed by atoms with van der Waals surface area (Å²) in [5.41, 5.74) is 2.13. The normalized spacial score (nSPS) is 15.4. The number of aromatic nitrogens is 3. The molecule has 1 aliphatic heterocycles. The topological polar surface area (TPSA) is 68.2 Å².